The summed E-state index contributed by atoms with van der Waals surface area (Å²) in [5, 5.41) is 15.7. The van der Waals surface area contributed by atoms with E-state index < -0.39 is 17.7 Å². The van der Waals surface area contributed by atoms with Gasteiger partial charge in [-0.2, -0.15) is 5.10 Å². The van der Waals surface area contributed by atoms with Crippen LogP contribution in [0.2, 0.25) is 0 Å². The molecule has 2 aromatic rings. The maximum atomic E-state index is 14.0. The van der Waals surface area contributed by atoms with E-state index in [9.17, 15) is 14.0 Å². The number of hydrogen-bond donors (Lipinski definition) is 2. The van der Waals surface area contributed by atoms with Gasteiger partial charge in [0, 0.05) is 11.6 Å². The van der Waals surface area contributed by atoms with E-state index in [1.807, 2.05) is 25.5 Å². The monoisotopic (exact) mass is 345 g/mol. The molecule has 0 aliphatic heterocycles. The maximum Gasteiger partial charge on any atom is 0.335 e. The zero-order valence-electron chi connectivity index (χ0n) is 14.3. The van der Waals surface area contributed by atoms with Gasteiger partial charge in [0.15, 0.2) is 5.69 Å². The standard InChI is InChI=1S/C18H20FN3O3/c1-18(2,3)22-15(10-4-5-10)9-14(21-22)16(23)20-13-7-6-11(17(24)25)8-12(13)19/h6-10H,4-5H2,1-3H3,(H,20,23)(H,24,25). The number of carboxylic acid groups (broad SMARTS) is 1. The Morgan fingerprint density at radius 1 is 1.28 bits per heavy atom. The second-order valence-electron chi connectivity index (χ2n) is 7.27. The van der Waals surface area contributed by atoms with Crippen LogP contribution in [0.4, 0.5) is 10.1 Å². The number of aromatic nitrogens is 2. The smallest absolute Gasteiger partial charge is 0.335 e. The van der Waals surface area contributed by atoms with E-state index in [0.717, 1.165) is 24.6 Å². The first-order valence-electron chi connectivity index (χ1n) is 8.11. The number of carbonyl (C=O) groups excluding carboxylic acids is 1. The van der Waals surface area contributed by atoms with Crippen molar-refractivity contribution in [2.24, 2.45) is 0 Å². The Labute approximate surface area is 144 Å². The van der Waals surface area contributed by atoms with Crippen molar-refractivity contribution in [1.29, 1.82) is 0 Å². The first-order valence-corrected chi connectivity index (χ1v) is 8.11. The van der Waals surface area contributed by atoms with E-state index in [1.165, 1.54) is 12.1 Å². The molecular weight excluding hydrogens is 325 g/mol. The van der Waals surface area contributed by atoms with Crippen molar-refractivity contribution in [2.45, 2.75) is 45.1 Å². The SMILES string of the molecule is CC(C)(C)n1nc(C(=O)Nc2ccc(C(=O)O)cc2F)cc1C1CC1. The third-order valence-corrected chi connectivity index (χ3v) is 4.06. The first kappa shape index (κ1) is 17.1. The van der Waals surface area contributed by atoms with Crippen LogP contribution < -0.4 is 5.32 Å². The molecule has 1 aromatic heterocycles. The van der Waals surface area contributed by atoms with Crippen molar-refractivity contribution in [3.63, 3.8) is 0 Å². The van der Waals surface area contributed by atoms with Crippen LogP contribution in [-0.4, -0.2) is 26.8 Å². The van der Waals surface area contributed by atoms with Gasteiger partial charge in [0.2, 0.25) is 0 Å². The number of nitrogens with zero attached hydrogens (tertiary/aromatic N) is 2. The van der Waals surface area contributed by atoms with Gasteiger partial charge in [0.05, 0.1) is 16.8 Å². The number of nitrogens with one attached hydrogen (secondary N) is 1. The Balaban J connectivity index is 1.86. The lowest BCUT2D eigenvalue weighted by molar-refractivity contribution is 0.0696. The molecule has 0 saturated heterocycles. The van der Waals surface area contributed by atoms with E-state index in [-0.39, 0.29) is 22.5 Å². The summed E-state index contributed by atoms with van der Waals surface area (Å²) in [5.41, 5.74) is 0.722. The molecule has 1 fully saturated rings. The summed E-state index contributed by atoms with van der Waals surface area (Å²) in [6, 6.07) is 5.10. The number of amides is 1. The Bertz CT molecular complexity index is 848. The molecule has 0 atom stereocenters. The number of halogens is 1. The maximum absolute atomic E-state index is 14.0. The molecule has 1 aliphatic carbocycles. The summed E-state index contributed by atoms with van der Waals surface area (Å²) in [7, 11) is 0. The summed E-state index contributed by atoms with van der Waals surface area (Å²) in [5.74, 6) is -2.13. The summed E-state index contributed by atoms with van der Waals surface area (Å²) in [4.78, 5) is 23.3. The zero-order valence-corrected chi connectivity index (χ0v) is 14.3. The van der Waals surface area contributed by atoms with E-state index in [2.05, 4.69) is 10.4 Å². The van der Waals surface area contributed by atoms with Gasteiger partial charge in [0.25, 0.3) is 5.91 Å². The van der Waals surface area contributed by atoms with Crippen molar-refractivity contribution in [2.75, 3.05) is 5.32 Å². The van der Waals surface area contributed by atoms with Gasteiger partial charge >= 0.3 is 5.97 Å². The molecule has 0 radical (unpaired) electrons. The van der Waals surface area contributed by atoms with E-state index in [1.54, 1.807) is 6.07 Å². The number of aromatic carboxylic acids is 1. The predicted octanol–water partition coefficient (Wildman–Crippen LogP) is 3.61. The van der Waals surface area contributed by atoms with E-state index in [4.69, 9.17) is 5.11 Å². The quantitative estimate of drug-likeness (QED) is 0.887. The van der Waals surface area contributed by atoms with E-state index >= 15 is 0 Å². The average molecular weight is 345 g/mol. The molecule has 0 spiro atoms. The summed E-state index contributed by atoms with van der Waals surface area (Å²) in [6.45, 7) is 6.04. The molecular formula is C18H20FN3O3. The second-order valence-corrected chi connectivity index (χ2v) is 7.27. The minimum Gasteiger partial charge on any atom is -0.478 e. The molecule has 0 bridgehead atoms. The van der Waals surface area contributed by atoms with Gasteiger partial charge in [0.1, 0.15) is 5.82 Å². The highest BCUT2D eigenvalue weighted by atomic mass is 19.1. The van der Waals surface area contributed by atoms with Crippen LogP contribution in [-0.2, 0) is 5.54 Å². The van der Waals surface area contributed by atoms with Gasteiger partial charge in [-0.15, -0.1) is 0 Å². The molecule has 1 aromatic carbocycles. The fourth-order valence-electron chi connectivity index (χ4n) is 2.65. The lowest BCUT2D eigenvalue weighted by Gasteiger charge is -2.22. The zero-order chi connectivity index (χ0) is 18.4. The molecule has 6 nitrogen and oxygen atoms in total. The van der Waals surface area contributed by atoms with Crippen molar-refractivity contribution < 1.29 is 19.1 Å². The molecule has 1 saturated carbocycles. The number of hydrogen-bond acceptors (Lipinski definition) is 3. The van der Waals surface area contributed by atoms with Crippen molar-refractivity contribution in [3.05, 3.63) is 47.0 Å². The van der Waals surface area contributed by atoms with Crippen LogP contribution in [0, 0.1) is 5.82 Å². The summed E-state index contributed by atoms with van der Waals surface area (Å²) in [6.07, 6.45) is 2.15. The third-order valence-electron chi connectivity index (χ3n) is 4.06. The normalized spacial score (nSPS) is 14.4. The number of rotatable bonds is 4. The van der Waals surface area contributed by atoms with Gasteiger partial charge in [-0.05, 0) is 57.9 Å². The molecule has 0 unspecified atom stereocenters. The van der Waals surface area contributed by atoms with Crippen LogP contribution in [0.1, 0.15) is 66.1 Å². The number of anilines is 1. The van der Waals surface area contributed by atoms with Gasteiger partial charge in [-0.3, -0.25) is 9.48 Å². The van der Waals surface area contributed by atoms with E-state index in [0.29, 0.717) is 5.92 Å². The number of carboxylic acids is 1. The first-order chi connectivity index (χ1) is 11.7. The minimum atomic E-state index is -1.23. The van der Waals surface area contributed by atoms with Crippen molar-refractivity contribution in [3.8, 4) is 0 Å². The lowest BCUT2D eigenvalue weighted by Crippen LogP contribution is -2.25. The summed E-state index contributed by atoms with van der Waals surface area (Å²) >= 11 is 0. The van der Waals surface area contributed by atoms with Crippen LogP contribution in [0.25, 0.3) is 0 Å². The Morgan fingerprint density at radius 3 is 2.48 bits per heavy atom. The predicted molar refractivity (Wildman–Crippen MR) is 90.5 cm³/mol. The lowest BCUT2D eigenvalue weighted by atomic mass is 10.1. The van der Waals surface area contributed by atoms with Crippen LogP contribution in [0.5, 0.6) is 0 Å². The van der Waals surface area contributed by atoms with Crippen LogP contribution in [0.15, 0.2) is 24.3 Å². The third kappa shape index (κ3) is 3.55. The average Bonchev–Trinajstić information content (AvgIpc) is 3.25. The molecule has 25 heavy (non-hydrogen) atoms. The van der Waals surface area contributed by atoms with Gasteiger partial charge in [-0.25, -0.2) is 9.18 Å². The summed E-state index contributed by atoms with van der Waals surface area (Å²) < 4.78 is 15.8. The molecule has 1 amide bonds. The molecule has 1 aliphatic rings. The highest BCUT2D eigenvalue weighted by molar-refractivity contribution is 6.03. The molecule has 132 valence electrons. The fourth-order valence-corrected chi connectivity index (χ4v) is 2.65. The topological polar surface area (TPSA) is 84.2 Å². The number of benzene rings is 1. The second kappa shape index (κ2) is 5.98. The van der Waals surface area contributed by atoms with Gasteiger partial charge in [-0.1, -0.05) is 0 Å². The Kier molecular flexibility index (Phi) is 4.10. The highest BCUT2D eigenvalue weighted by Gasteiger charge is 2.32. The van der Waals surface area contributed by atoms with Crippen molar-refractivity contribution >= 4 is 17.6 Å². The molecule has 7 heteroatoms. The highest BCUT2D eigenvalue weighted by Crippen LogP contribution is 2.41. The Morgan fingerprint density at radius 2 is 1.96 bits per heavy atom. The molecule has 3 rings (SSSR count). The Hall–Kier alpha value is -2.70. The van der Waals surface area contributed by atoms with Crippen LogP contribution in [0.3, 0.4) is 0 Å². The van der Waals surface area contributed by atoms with Crippen LogP contribution >= 0.6 is 0 Å². The largest absolute Gasteiger partial charge is 0.478 e. The molecule has 1 heterocycles. The molecule has 2 N–H and O–H groups in total. The minimum absolute atomic E-state index is 0.0757. The number of carbonyl (C=O) groups is 2. The van der Waals surface area contributed by atoms with Crippen molar-refractivity contribution in [1.82, 2.24) is 9.78 Å². The fraction of sp³-hybridized carbons (Fsp3) is 0.389. The van der Waals surface area contributed by atoms with Gasteiger partial charge < -0.3 is 10.4 Å².